The van der Waals surface area contributed by atoms with Crippen LogP contribution >= 0.6 is 0 Å². The van der Waals surface area contributed by atoms with E-state index in [1.807, 2.05) is 80.6 Å². The smallest absolute Gasteiger partial charge is 0.350 e. The van der Waals surface area contributed by atoms with Crippen LogP contribution in [-0.4, -0.2) is 31.3 Å². The van der Waals surface area contributed by atoms with Crippen LogP contribution in [0.3, 0.4) is 0 Å². The van der Waals surface area contributed by atoms with Crippen LogP contribution in [0.1, 0.15) is 22.4 Å². The van der Waals surface area contributed by atoms with Crippen molar-refractivity contribution in [2.24, 2.45) is 0 Å². The molecular weight excluding hydrogens is 366 g/mol. The van der Waals surface area contributed by atoms with Gasteiger partial charge in [0.15, 0.2) is 5.60 Å². The van der Waals surface area contributed by atoms with Crippen LogP contribution in [-0.2, 0) is 19.9 Å². The number of pyridine rings is 1. The number of carbonyl (C=O) groups excluding carboxylic acids is 1. The van der Waals surface area contributed by atoms with Crippen LogP contribution in [0, 0.1) is 13.8 Å². The summed E-state index contributed by atoms with van der Waals surface area (Å²) >= 11 is 0. The molecule has 0 bridgehead atoms. The Balaban J connectivity index is 2.22. The molecule has 3 rings (SSSR count). The van der Waals surface area contributed by atoms with Gasteiger partial charge in [-0.15, -0.1) is 0 Å². The highest BCUT2D eigenvalue weighted by Crippen LogP contribution is 2.39. The second kappa shape index (κ2) is 8.88. The van der Waals surface area contributed by atoms with E-state index in [1.165, 1.54) is 7.11 Å². The molecule has 0 fully saturated rings. The maximum Gasteiger partial charge on any atom is 0.350 e. The Morgan fingerprint density at radius 2 is 1.48 bits per heavy atom. The molecule has 3 aromatic rings. The number of hydrogen-bond donors (Lipinski definition) is 0. The maximum atomic E-state index is 13.0. The third-order valence-corrected chi connectivity index (χ3v) is 4.96. The van der Waals surface area contributed by atoms with Crippen molar-refractivity contribution in [3.05, 3.63) is 95.3 Å². The van der Waals surface area contributed by atoms with Gasteiger partial charge < -0.3 is 14.2 Å². The van der Waals surface area contributed by atoms with Gasteiger partial charge in [0.1, 0.15) is 5.75 Å². The van der Waals surface area contributed by atoms with Crippen molar-refractivity contribution in [2.75, 3.05) is 14.2 Å². The van der Waals surface area contributed by atoms with Gasteiger partial charge in [-0.2, -0.15) is 0 Å². The van der Waals surface area contributed by atoms with Crippen LogP contribution in [0.5, 0.6) is 5.75 Å². The average Bonchev–Trinajstić information content (AvgIpc) is 2.76. The van der Waals surface area contributed by atoms with E-state index >= 15 is 0 Å². The number of nitrogens with zero attached hydrogens (tertiary/aromatic N) is 1. The average molecular weight is 391 g/mol. The van der Waals surface area contributed by atoms with E-state index in [9.17, 15) is 4.79 Å². The van der Waals surface area contributed by atoms with Crippen LogP contribution in [0.2, 0.25) is 0 Å². The van der Waals surface area contributed by atoms with Crippen molar-refractivity contribution in [1.82, 2.24) is 4.98 Å². The van der Waals surface area contributed by atoms with Crippen LogP contribution in [0.15, 0.2) is 72.9 Å². The second-order valence-electron chi connectivity index (χ2n) is 6.78. The van der Waals surface area contributed by atoms with Crippen molar-refractivity contribution in [1.29, 1.82) is 0 Å². The number of ether oxygens (including phenoxy) is 3. The Labute approximate surface area is 171 Å². The number of esters is 1. The fourth-order valence-corrected chi connectivity index (χ4v) is 3.52. The van der Waals surface area contributed by atoms with Gasteiger partial charge in [-0.05, 0) is 36.6 Å². The summed E-state index contributed by atoms with van der Waals surface area (Å²) in [5, 5.41) is 0. The van der Waals surface area contributed by atoms with Gasteiger partial charge in [0.2, 0.25) is 6.10 Å². The van der Waals surface area contributed by atoms with Gasteiger partial charge in [0, 0.05) is 12.8 Å². The van der Waals surface area contributed by atoms with Gasteiger partial charge in [-0.1, -0.05) is 60.7 Å². The molecule has 1 atom stereocenters. The molecule has 150 valence electrons. The van der Waals surface area contributed by atoms with Gasteiger partial charge in [0.25, 0.3) is 0 Å². The van der Waals surface area contributed by atoms with Crippen LogP contribution in [0.25, 0.3) is 0 Å². The fraction of sp³-hybridized carbons (Fsp3) is 0.250. The molecule has 1 unspecified atom stereocenters. The first-order valence-corrected chi connectivity index (χ1v) is 9.37. The Morgan fingerprint density at radius 1 is 0.931 bits per heavy atom. The lowest BCUT2D eigenvalue weighted by Gasteiger charge is -2.38. The first-order valence-electron chi connectivity index (χ1n) is 9.37. The molecule has 0 radical (unpaired) electrons. The maximum absolute atomic E-state index is 13.0. The van der Waals surface area contributed by atoms with Gasteiger partial charge in [-0.3, -0.25) is 4.98 Å². The predicted molar refractivity (Wildman–Crippen MR) is 111 cm³/mol. The highest BCUT2D eigenvalue weighted by molar-refractivity contribution is 5.78. The number of aromatic nitrogens is 1. The summed E-state index contributed by atoms with van der Waals surface area (Å²) in [7, 11) is 2.91. The highest BCUT2D eigenvalue weighted by Gasteiger charge is 2.49. The lowest BCUT2D eigenvalue weighted by Crippen LogP contribution is -2.51. The molecule has 1 aromatic heterocycles. The van der Waals surface area contributed by atoms with E-state index in [1.54, 1.807) is 13.3 Å². The molecule has 5 heteroatoms. The predicted octanol–water partition coefficient (Wildman–Crippen LogP) is 4.21. The van der Waals surface area contributed by atoms with Crippen LogP contribution in [0.4, 0.5) is 0 Å². The monoisotopic (exact) mass is 391 g/mol. The summed E-state index contributed by atoms with van der Waals surface area (Å²) < 4.78 is 17.5. The van der Waals surface area contributed by atoms with E-state index in [4.69, 9.17) is 14.2 Å². The molecule has 0 spiro atoms. The Hall–Kier alpha value is -3.18. The van der Waals surface area contributed by atoms with E-state index in [2.05, 4.69) is 4.98 Å². The molecule has 1 heterocycles. The van der Waals surface area contributed by atoms with E-state index in [0.717, 1.165) is 22.4 Å². The zero-order valence-corrected chi connectivity index (χ0v) is 17.1. The van der Waals surface area contributed by atoms with Gasteiger partial charge in [-0.25, -0.2) is 4.79 Å². The summed E-state index contributed by atoms with van der Waals surface area (Å²) in [6.45, 7) is 3.82. The molecule has 2 aromatic carbocycles. The molecule has 0 N–H and O–H groups in total. The largest absolute Gasteiger partial charge is 0.473 e. The number of hydrogen-bond acceptors (Lipinski definition) is 5. The minimum atomic E-state index is -1.22. The second-order valence-corrected chi connectivity index (χ2v) is 6.78. The molecule has 0 aliphatic carbocycles. The zero-order chi connectivity index (χ0) is 20.9. The Bertz CT molecular complexity index is 918. The van der Waals surface area contributed by atoms with Crippen molar-refractivity contribution >= 4 is 5.97 Å². The lowest BCUT2D eigenvalue weighted by molar-refractivity contribution is -0.163. The minimum Gasteiger partial charge on any atom is -0.473 e. The molecular formula is C24H25NO4. The SMILES string of the molecule is COC(=O)C(Oc1cnc(C)cc1C)C(OC)(c1ccccc1)c1ccccc1. The highest BCUT2D eigenvalue weighted by atomic mass is 16.6. The molecule has 0 saturated carbocycles. The fourth-order valence-electron chi connectivity index (χ4n) is 3.52. The minimum absolute atomic E-state index is 0.499. The van der Waals surface area contributed by atoms with E-state index in [0.29, 0.717) is 5.75 Å². The van der Waals surface area contributed by atoms with Crippen molar-refractivity contribution in [3.63, 3.8) is 0 Å². The standard InChI is InChI=1S/C24H25NO4/c1-17-15-18(2)25-16-21(17)29-22(23(26)27-3)24(28-4,19-11-7-5-8-12-19)20-13-9-6-10-14-20/h5-16,22H,1-4H3. The summed E-state index contributed by atoms with van der Waals surface area (Å²) in [5.74, 6) is -0.0428. The quantitative estimate of drug-likeness (QED) is 0.565. The van der Waals surface area contributed by atoms with E-state index < -0.39 is 17.7 Å². The third kappa shape index (κ3) is 4.00. The molecule has 5 nitrogen and oxygen atoms in total. The summed E-state index contributed by atoms with van der Waals surface area (Å²) in [4.78, 5) is 17.3. The number of rotatable bonds is 7. The number of methoxy groups -OCH3 is 2. The van der Waals surface area contributed by atoms with E-state index in [-0.39, 0.29) is 0 Å². The molecule has 0 amide bonds. The lowest BCUT2D eigenvalue weighted by atomic mass is 9.81. The Kier molecular flexibility index (Phi) is 6.29. The topological polar surface area (TPSA) is 57.7 Å². The summed E-state index contributed by atoms with van der Waals surface area (Å²) in [6, 6.07) is 21.0. The molecule has 29 heavy (non-hydrogen) atoms. The zero-order valence-electron chi connectivity index (χ0n) is 17.1. The third-order valence-electron chi connectivity index (χ3n) is 4.96. The summed E-state index contributed by atoms with van der Waals surface area (Å²) in [6.07, 6.45) is 0.530. The summed E-state index contributed by atoms with van der Waals surface area (Å²) in [5.41, 5.74) is 2.09. The van der Waals surface area contributed by atoms with Crippen molar-refractivity contribution in [2.45, 2.75) is 25.6 Å². The van der Waals surface area contributed by atoms with Gasteiger partial charge in [0.05, 0.1) is 13.3 Å². The van der Waals surface area contributed by atoms with Crippen molar-refractivity contribution in [3.8, 4) is 5.75 Å². The normalized spacial score (nSPS) is 12.3. The first-order chi connectivity index (χ1) is 14.0. The molecule has 0 aliphatic rings. The number of aryl methyl sites for hydroxylation is 2. The molecule has 0 aliphatic heterocycles. The number of carbonyl (C=O) groups is 1. The van der Waals surface area contributed by atoms with Crippen molar-refractivity contribution < 1.29 is 19.0 Å². The number of benzene rings is 2. The molecule has 0 saturated heterocycles. The van der Waals surface area contributed by atoms with Crippen LogP contribution < -0.4 is 4.74 Å². The van der Waals surface area contributed by atoms with Gasteiger partial charge >= 0.3 is 5.97 Å². The first kappa shape index (κ1) is 20.6. The Morgan fingerprint density at radius 3 is 1.93 bits per heavy atom.